The second kappa shape index (κ2) is 4.35. The maximum absolute atomic E-state index is 11.5. The van der Waals surface area contributed by atoms with Gasteiger partial charge in [0.1, 0.15) is 10.5 Å². The van der Waals surface area contributed by atoms with Gasteiger partial charge in [0.15, 0.2) is 11.2 Å². The number of nitrogens with zero attached hydrogens (tertiary/aromatic N) is 4. The highest BCUT2D eigenvalue weighted by atomic mass is 32.2. The van der Waals surface area contributed by atoms with E-state index in [0.717, 1.165) is 0 Å². The molecule has 0 amide bonds. The number of aromatic amines is 1. The molecular weight excluding hydrogens is 292 g/mol. The number of nitrogens with one attached hydrogen (secondary N) is 1. The molecule has 21 heavy (non-hydrogen) atoms. The largest absolute Gasteiger partial charge is 0.431 e. The second-order valence-corrected chi connectivity index (χ2v) is 5.25. The maximum Gasteiger partial charge on any atom is 0.364 e. The van der Waals surface area contributed by atoms with Crippen molar-refractivity contribution < 1.29 is 4.42 Å². The minimum atomic E-state index is -0.391. The molecule has 3 aromatic heterocycles. The quantitative estimate of drug-likeness (QED) is 0.536. The molecule has 0 unspecified atom stereocenters. The minimum absolute atomic E-state index is 0.391. The first kappa shape index (κ1) is 12.0. The standard InChI is InChI=1S/C12H8N6O2S/c13-6-1-2-8-7(5-6)14-12(20-8)21-10-4-3-9-15-16-11(19)18(9)17-10/h1-5H,13H2,(H,16,19). The van der Waals surface area contributed by atoms with Crippen LogP contribution in [0.5, 0.6) is 0 Å². The van der Waals surface area contributed by atoms with Crippen LogP contribution in [-0.4, -0.2) is 24.8 Å². The summed E-state index contributed by atoms with van der Waals surface area (Å²) in [5.74, 6) is 0. The normalized spacial score (nSPS) is 11.4. The van der Waals surface area contributed by atoms with E-state index in [0.29, 0.717) is 32.7 Å². The Bertz CT molecular complexity index is 1020. The molecule has 0 atom stereocenters. The number of H-pyrrole nitrogens is 1. The van der Waals surface area contributed by atoms with Crippen LogP contribution in [0.2, 0.25) is 0 Å². The molecule has 0 spiro atoms. The molecule has 0 aliphatic carbocycles. The summed E-state index contributed by atoms with van der Waals surface area (Å²) in [5.41, 5.74) is 7.71. The first-order chi connectivity index (χ1) is 10.2. The third-order valence-electron chi connectivity index (χ3n) is 2.83. The Kier molecular flexibility index (Phi) is 2.48. The van der Waals surface area contributed by atoms with Gasteiger partial charge in [-0.25, -0.2) is 14.9 Å². The molecule has 0 aliphatic heterocycles. The fourth-order valence-corrected chi connectivity index (χ4v) is 2.61. The average molecular weight is 300 g/mol. The van der Waals surface area contributed by atoms with E-state index in [2.05, 4.69) is 20.3 Å². The average Bonchev–Trinajstić information content (AvgIpc) is 3.02. The summed E-state index contributed by atoms with van der Waals surface area (Å²) in [7, 11) is 0. The molecule has 0 saturated heterocycles. The van der Waals surface area contributed by atoms with Gasteiger partial charge in [-0.15, -0.1) is 0 Å². The molecule has 9 heteroatoms. The number of rotatable bonds is 2. The minimum Gasteiger partial charge on any atom is -0.431 e. The van der Waals surface area contributed by atoms with Crippen molar-refractivity contribution in [3.05, 3.63) is 40.8 Å². The van der Waals surface area contributed by atoms with Gasteiger partial charge in [-0.3, -0.25) is 0 Å². The Morgan fingerprint density at radius 2 is 2.19 bits per heavy atom. The third-order valence-corrected chi connectivity index (χ3v) is 3.61. The number of nitrogens with two attached hydrogens (primary N) is 1. The van der Waals surface area contributed by atoms with Crippen LogP contribution in [0, 0.1) is 0 Å². The molecule has 1 aromatic carbocycles. The van der Waals surface area contributed by atoms with Crippen LogP contribution in [0.25, 0.3) is 16.7 Å². The summed E-state index contributed by atoms with van der Waals surface area (Å²) in [5, 5.41) is 11.3. The summed E-state index contributed by atoms with van der Waals surface area (Å²) >= 11 is 1.22. The van der Waals surface area contributed by atoms with Crippen molar-refractivity contribution in [2.75, 3.05) is 5.73 Å². The molecule has 0 radical (unpaired) electrons. The van der Waals surface area contributed by atoms with E-state index in [1.54, 1.807) is 30.3 Å². The summed E-state index contributed by atoms with van der Waals surface area (Å²) in [4.78, 5) is 15.8. The van der Waals surface area contributed by atoms with Gasteiger partial charge < -0.3 is 10.2 Å². The fraction of sp³-hybridized carbons (Fsp3) is 0. The van der Waals surface area contributed by atoms with Gasteiger partial charge in [-0.1, -0.05) is 0 Å². The highest BCUT2D eigenvalue weighted by molar-refractivity contribution is 7.99. The Morgan fingerprint density at radius 3 is 3.10 bits per heavy atom. The summed E-state index contributed by atoms with van der Waals surface area (Å²) in [6.45, 7) is 0. The lowest BCUT2D eigenvalue weighted by Crippen LogP contribution is -2.12. The molecular formula is C12H8N6O2S. The molecule has 0 saturated carbocycles. The molecule has 4 aromatic rings. The van der Waals surface area contributed by atoms with Crippen LogP contribution in [-0.2, 0) is 0 Å². The molecule has 0 fully saturated rings. The van der Waals surface area contributed by atoms with Crippen LogP contribution in [0.3, 0.4) is 0 Å². The lowest BCUT2D eigenvalue weighted by molar-refractivity contribution is 0.489. The van der Waals surface area contributed by atoms with Crippen LogP contribution in [0.4, 0.5) is 5.69 Å². The van der Waals surface area contributed by atoms with Gasteiger partial charge in [-0.05, 0) is 42.1 Å². The van der Waals surface area contributed by atoms with E-state index < -0.39 is 5.69 Å². The van der Waals surface area contributed by atoms with E-state index in [1.165, 1.54) is 16.3 Å². The number of anilines is 1. The third kappa shape index (κ3) is 2.03. The van der Waals surface area contributed by atoms with Gasteiger partial charge in [-0.2, -0.15) is 14.7 Å². The highest BCUT2D eigenvalue weighted by Crippen LogP contribution is 2.29. The Hall–Kier alpha value is -2.81. The molecule has 3 heterocycles. The van der Waals surface area contributed by atoms with Crippen LogP contribution < -0.4 is 11.4 Å². The predicted octanol–water partition coefficient (Wildman–Crippen LogP) is 1.29. The zero-order valence-corrected chi connectivity index (χ0v) is 11.3. The summed E-state index contributed by atoms with van der Waals surface area (Å²) in [6, 6.07) is 8.67. The van der Waals surface area contributed by atoms with Gasteiger partial charge in [0.05, 0.1) is 0 Å². The zero-order chi connectivity index (χ0) is 14.4. The number of oxazole rings is 1. The molecule has 8 nitrogen and oxygen atoms in total. The Morgan fingerprint density at radius 1 is 1.29 bits per heavy atom. The summed E-state index contributed by atoms with van der Waals surface area (Å²) < 4.78 is 6.78. The smallest absolute Gasteiger partial charge is 0.364 e. The number of aromatic nitrogens is 5. The maximum atomic E-state index is 11.5. The van der Waals surface area contributed by atoms with Crippen molar-refractivity contribution in [3.63, 3.8) is 0 Å². The second-order valence-electron chi connectivity index (χ2n) is 4.28. The first-order valence-corrected chi connectivity index (χ1v) is 6.79. The van der Waals surface area contributed by atoms with Crippen molar-refractivity contribution in [3.8, 4) is 0 Å². The summed E-state index contributed by atoms with van der Waals surface area (Å²) in [6.07, 6.45) is 0. The van der Waals surface area contributed by atoms with E-state index >= 15 is 0 Å². The first-order valence-electron chi connectivity index (χ1n) is 5.97. The molecule has 4 rings (SSSR count). The fourth-order valence-electron chi connectivity index (χ4n) is 1.90. The Labute approximate surface area is 121 Å². The van der Waals surface area contributed by atoms with Crippen molar-refractivity contribution >= 4 is 34.2 Å². The zero-order valence-electron chi connectivity index (χ0n) is 10.5. The lowest BCUT2D eigenvalue weighted by Gasteiger charge is -1.95. The molecule has 104 valence electrons. The predicted molar refractivity (Wildman–Crippen MR) is 76.2 cm³/mol. The van der Waals surface area contributed by atoms with Gasteiger partial charge in [0.2, 0.25) is 0 Å². The van der Waals surface area contributed by atoms with Gasteiger partial charge >= 0.3 is 5.69 Å². The number of hydrogen-bond acceptors (Lipinski definition) is 7. The number of fused-ring (bicyclic) bond motifs is 2. The van der Waals surface area contributed by atoms with E-state index in [1.807, 2.05) is 0 Å². The lowest BCUT2D eigenvalue weighted by atomic mass is 10.3. The molecule has 3 N–H and O–H groups in total. The van der Waals surface area contributed by atoms with E-state index in [4.69, 9.17) is 10.2 Å². The van der Waals surface area contributed by atoms with Crippen LogP contribution >= 0.6 is 11.8 Å². The monoisotopic (exact) mass is 300 g/mol. The van der Waals surface area contributed by atoms with E-state index in [9.17, 15) is 4.79 Å². The van der Waals surface area contributed by atoms with E-state index in [-0.39, 0.29) is 0 Å². The topological polar surface area (TPSA) is 115 Å². The number of hydrogen-bond donors (Lipinski definition) is 2. The Balaban J connectivity index is 1.74. The van der Waals surface area contributed by atoms with Crippen molar-refractivity contribution in [1.82, 2.24) is 24.8 Å². The highest BCUT2D eigenvalue weighted by Gasteiger charge is 2.10. The van der Waals surface area contributed by atoms with Crippen LogP contribution in [0.1, 0.15) is 0 Å². The SMILES string of the molecule is Nc1ccc2oc(Sc3ccc4n[nH]c(=O)n4n3)nc2c1. The number of benzene rings is 1. The number of nitrogen functional groups attached to an aromatic ring is 1. The molecule has 0 aliphatic rings. The van der Waals surface area contributed by atoms with Crippen molar-refractivity contribution in [2.45, 2.75) is 10.2 Å². The molecule has 0 bridgehead atoms. The van der Waals surface area contributed by atoms with Gasteiger partial charge in [0.25, 0.3) is 5.22 Å². The van der Waals surface area contributed by atoms with Gasteiger partial charge in [0, 0.05) is 5.69 Å². The van der Waals surface area contributed by atoms with Crippen molar-refractivity contribution in [1.29, 1.82) is 0 Å². The van der Waals surface area contributed by atoms with Crippen LogP contribution in [0.15, 0.2) is 49.8 Å². The van der Waals surface area contributed by atoms with Crippen molar-refractivity contribution in [2.24, 2.45) is 0 Å².